The van der Waals surface area contributed by atoms with Crippen LogP contribution in [0, 0.1) is 5.92 Å². The van der Waals surface area contributed by atoms with Crippen molar-refractivity contribution in [3.8, 4) is 17.1 Å². The highest BCUT2D eigenvalue weighted by Crippen LogP contribution is 2.41. The van der Waals surface area contributed by atoms with Gasteiger partial charge >= 0.3 is 0 Å². The maximum absolute atomic E-state index is 14.2. The molecule has 2 saturated carbocycles. The number of unbranched alkanes of at least 4 members (excludes halogenated alkanes) is 15. The lowest BCUT2D eigenvalue weighted by molar-refractivity contribution is -0.124. The van der Waals surface area contributed by atoms with Crippen molar-refractivity contribution in [3.05, 3.63) is 82.1 Å². The number of H-pyrrole nitrogens is 2. The number of anilines is 1. The highest BCUT2D eigenvalue weighted by atomic mass is 32.2. The van der Waals surface area contributed by atoms with Crippen LogP contribution in [0.1, 0.15) is 170 Å². The van der Waals surface area contributed by atoms with E-state index in [0.29, 0.717) is 53.5 Å². The van der Waals surface area contributed by atoms with Gasteiger partial charge in [-0.2, -0.15) is 0 Å². The first-order chi connectivity index (χ1) is 29.5. The van der Waals surface area contributed by atoms with Crippen molar-refractivity contribution < 1.29 is 27.9 Å². The Balaban J connectivity index is 1.04. The summed E-state index contributed by atoms with van der Waals surface area (Å²) in [6.07, 6.45) is 23.1. The minimum Gasteiger partial charge on any atom is -0.494 e. The summed E-state index contributed by atoms with van der Waals surface area (Å²) in [4.78, 5) is 57.7. The van der Waals surface area contributed by atoms with Crippen LogP contribution >= 0.6 is 0 Å². The number of aromatic amines is 2. The number of amides is 1. The first kappa shape index (κ1) is 45.8. The maximum Gasteiger partial charge on any atom is 0.251 e. The van der Waals surface area contributed by atoms with E-state index in [1.165, 1.54) is 83.5 Å². The van der Waals surface area contributed by atoms with Crippen molar-refractivity contribution in [1.82, 2.24) is 15.3 Å². The molecule has 5 N–H and O–H groups in total. The Kier molecular flexibility index (Phi) is 16.8. The molecule has 4 aromatic rings. The van der Waals surface area contributed by atoms with Gasteiger partial charge < -0.3 is 15.4 Å². The summed E-state index contributed by atoms with van der Waals surface area (Å²) in [6.45, 7) is 2.26. The summed E-state index contributed by atoms with van der Waals surface area (Å²) < 4.78 is 31.3. The number of carbonyl (C=O) groups is 3. The Bertz CT molecular complexity index is 2250. The molecule has 12 heteroatoms. The lowest BCUT2D eigenvalue weighted by Gasteiger charge is -2.30. The van der Waals surface area contributed by atoms with E-state index < -0.39 is 44.6 Å². The van der Waals surface area contributed by atoms with Crippen LogP contribution in [-0.2, 0) is 19.6 Å². The van der Waals surface area contributed by atoms with Crippen molar-refractivity contribution >= 4 is 44.1 Å². The Hall–Kier alpha value is -4.71. The third-order valence-electron chi connectivity index (χ3n) is 12.8. The summed E-state index contributed by atoms with van der Waals surface area (Å²) in [7, 11) is -4.02. The summed E-state index contributed by atoms with van der Waals surface area (Å²) >= 11 is 0. The molecule has 61 heavy (non-hydrogen) atoms. The van der Waals surface area contributed by atoms with Crippen LogP contribution in [0.15, 0.2) is 65.5 Å². The van der Waals surface area contributed by atoms with E-state index in [1.54, 1.807) is 12.1 Å². The quantitative estimate of drug-likeness (QED) is 0.0344. The maximum atomic E-state index is 14.2. The predicted molar refractivity (Wildman–Crippen MR) is 244 cm³/mol. The van der Waals surface area contributed by atoms with Crippen molar-refractivity contribution in [3.63, 3.8) is 0 Å². The number of aromatic hydroxyl groups is 1. The van der Waals surface area contributed by atoms with Gasteiger partial charge in [0, 0.05) is 47.0 Å². The van der Waals surface area contributed by atoms with Gasteiger partial charge in [0.05, 0.1) is 22.2 Å². The monoisotopic (exact) mass is 854 g/mol. The van der Waals surface area contributed by atoms with Gasteiger partial charge in [-0.15, -0.1) is 0 Å². The van der Waals surface area contributed by atoms with E-state index in [4.69, 9.17) is 0 Å². The second-order valence-electron chi connectivity index (χ2n) is 17.6. The topological polar surface area (TPSA) is 178 Å². The molecule has 2 heterocycles. The Morgan fingerprint density at radius 3 is 2.05 bits per heavy atom. The van der Waals surface area contributed by atoms with E-state index in [2.05, 4.69) is 26.9 Å². The Morgan fingerprint density at radius 1 is 0.770 bits per heavy atom. The van der Waals surface area contributed by atoms with Crippen LogP contribution in [0.25, 0.3) is 22.2 Å². The van der Waals surface area contributed by atoms with E-state index in [1.807, 2.05) is 36.4 Å². The number of rotatable bonds is 24. The number of benzene rings is 2. The molecule has 330 valence electrons. The van der Waals surface area contributed by atoms with Crippen LogP contribution in [0.4, 0.5) is 5.69 Å². The zero-order valence-corrected chi connectivity index (χ0v) is 36.8. The second kappa shape index (κ2) is 22.4. The minimum atomic E-state index is -4.02. The fourth-order valence-electron chi connectivity index (χ4n) is 9.42. The fraction of sp³-hybridized carbons (Fsp3) is 0.551. The first-order valence-corrected chi connectivity index (χ1v) is 24.6. The molecule has 0 bridgehead atoms. The molecule has 2 aliphatic rings. The van der Waals surface area contributed by atoms with Crippen molar-refractivity contribution in [2.75, 3.05) is 4.72 Å². The lowest BCUT2D eigenvalue weighted by Crippen LogP contribution is -2.43. The number of carbonyl (C=O) groups excluding carboxylic acids is 3. The number of pyridine rings is 1. The number of sulfonamides is 1. The molecule has 1 amide bonds. The van der Waals surface area contributed by atoms with E-state index in [0.717, 1.165) is 37.0 Å². The van der Waals surface area contributed by atoms with E-state index >= 15 is 0 Å². The molecule has 2 fully saturated rings. The van der Waals surface area contributed by atoms with Crippen molar-refractivity contribution in [2.24, 2.45) is 5.92 Å². The third-order valence-corrected chi connectivity index (χ3v) is 14.6. The number of fused-ring (bicyclic) bond motifs is 1. The van der Waals surface area contributed by atoms with Gasteiger partial charge in [-0.05, 0) is 43.4 Å². The number of nitrogens with one attached hydrogen (secondary N) is 4. The van der Waals surface area contributed by atoms with Gasteiger partial charge in [0.15, 0.2) is 11.7 Å². The summed E-state index contributed by atoms with van der Waals surface area (Å²) in [5.41, 5.74) is 2.27. The van der Waals surface area contributed by atoms with Crippen LogP contribution in [0.2, 0.25) is 0 Å². The average molecular weight is 855 g/mol. The molecule has 4 atom stereocenters. The second-order valence-corrected chi connectivity index (χ2v) is 19.5. The number of aromatic nitrogens is 2. The predicted octanol–water partition coefficient (Wildman–Crippen LogP) is 10.6. The highest BCUT2D eigenvalue weighted by molar-refractivity contribution is 7.93. The van der Waals surface area contributed by atoms with Crippen molar-refractivity contribution in [2.45, 2.75) is 165 Å². The van der Waals surface area contributed by atoms with E-state index in [-0.39, 0.29) is 35.9 Å². The lowest BCUT2D eigenvalue weighted by atomic mass is 9.91. The van der Waals surface area contributed by atoms with E-state index in [9.17, 15) is 32.7 Å². The van der Waals surface area contributed by atoms with Gasteiger partial charge in [0.2, 0.25) is 10.0 Å². The zero-order chi connectivity index (χ0) is 43.2. The molecule has 2 aliphatic carbocycles. The van der Waals surface area contributed by atoms with Gasteiger partial charge in [-0.1, -0.05) is 152 Å². The fourth-order valence-corrected chi connectivity index (χ4v) is 11.0. The molecule has 0 saturated heterocycles. The molecule has 0 spiro atoms. The van der Waals surface area contributed by atoms with Gasteiger partial charge in [0.25, 0.3) is 11.5 Å². The number of Topliss-reactive ketones (excluding diaryl/α,β-unsaturated/α-hetero) is 2. The molecule has 11 nitrogen and oxygen atoms in total. The summed E-state index contributed by atoms with van der Waals surface area (Å²) in [6, 6.07) is 16.6. The molecule has 6 rings (SSSR count). The van der Waals surface area contributed by atoms with Gasteiger partial charge in [0.1, 0.15) is 11.7 Å². The molecule has 2 aromatic heterocycles. The zero-order valence-electron chi connectivity index (χ0n) is 35.9. The third kappa shape index (κ3) is 12.7. The first-order valence-electron chi connectivity index (χ1n) is 23.1. The van der Waals surface area contributed by atoms with Crippen LogP contribution in [0.5, 0.6) is 5.88 Å². The van der Waals surface area contributed by atoms with Crippen LogP contribution in [0.3, 0.4) is 0 Å². The standard InChI is InChI=1S/C49H66N4O7S/c1-2-3-4-5-6-7-8-9-10-11-12-13-14-15-16-18-24-36-30-42(54)45(48(36)57)35-27-28-41-40(29-35)47(46(51-41)34-22-19-17-20-23-34)53-61(59,60)39-26-21-25-38(33-39)50-49(58)37-31-43(55)52-44(56)32-37/h17,19-20,22-23,27-29,31-32,36,38-39,45,51,53H,2-16,18,21,24-26,30,33H2,1H3,(H,50,58)(H2,52,55,56). The summed E-state index contributed by atoms with van der Waals surface area (Å²) in [5, 5.41) is 12.3. The highest BCUT2D eigenvalue weighted by Gasteiger charge is 2.42. The average Bonchev–Trinajstić information content (AvgIpc) is 3.74. The van der Waals surface area contributed by atoms with Crippen LogP contribution in [-0.4, -0.2) is 52.3 Å². The largest absolute Gasteiger partial charge is 0.494 e. The molecule has 2 aromatic carbocycles. The Labute approximate surface area is 361 Å². The van der Waals surface area contributed by atoms with Gasteiger partial charge in [-0.3, -0.25) is 28.9 Å². The van der Waals surface area contributed by atoms with Gasteiger partial charge in [-0.25, -0.2) is 8.42 Å². The Morgan fingerprint density at radius 2 is 1.41 bits per heavy atom. The number of hydrogen-bond acceptors (Lipinski definition) is 7. The van der Waals surface area contributed by atoms with Crippen LogP contribution < -0.4 is 15.6 Å². The number of hydrogen-bond donors (Lipinski definition) is 5. The molecule has 0 radical (unpaired) electrons. The molecule has 0 aliphatic heterocycles. The number of ketones is 2. The summed E-state index contributed by atoms with van der Waals surface area (Å²) in [5.74, 6) is -2.31. The van der Waals surface area contributed by atoms with Crippen molar-refractivity contribution in [1.29, 1.82) is 0 Å². The molecular formula is C49H66N4O7S. The SMILES string of the molecule is CCCCCCCCCCCCCCCCCCC1CC(=O)C(c2ccc3[nH]c(-c4ccccc4)c(NS(=O)(=O)C4CCCC(NC(=O)c5cc(O)[nH]c(=O)c5)C4)c3c2)C1=O. The molecule has 4 unspecified atom stereocenters. The normalized spacial score (nSPS) is 19.4. The molecular weight excluding hydrogens is 789 g/mol. The minimum absolute atomic E-state index is 0.0165. The smallest absolute Gasteiger partial charge is 0.251 e.